The van der Waals surface area contributed by atoms with E-state index in [9.17, 15) is 9.90 Å². The van der Waals surface area contributed by atoms with Gasteiger partial charge in [0.1, 0.15) is 0 Å². The summed E-state index contributed by atoms with van der Waals surface area (Å²) in [7, 11) is 0. The van der Waals surface area contributed by atoms with Gasteiger partial charge in [0.2, 0.25) is 4.73 Å². The minimum absolute atomic E-state index is 0.181. The number of benzene rings is 1. The van der Waals surface area contributed by atoms with Gasteiger partial charge in [0.15, 0.2) is 5.82 Å². The summed E-state index contributed by atoms with van der Waals surface area (Å²) in [5, 5.41) is 17.7. The molecule has 19 heavy (non-hydrogen) atoms. The summed E-state index contributed by atoms with van der Waals surface area (Å²) >= 11 is 9.30. The Morgan fingerprint density at radius 3 is 2.89 bits per heavy atom. The Kier molecular flexibility index (Phi) is 2.94. The van der Waals surface area contributed by atoms with E-state index in [2.05, 4.69) is 26.1 Å². The van der Waals surface area contributed by atoms with Gasteiger partial charge in [-0.25, -0.2) is 4.79 Å². The van der Waals surface area contributed by atoms with Gasteiger partial charge in [0.25, 0.3) is 0 Å². The Hall–Kier alpha value is -1.60. The van der Waals surface area contributed by atoms with Gasteiger partial charge < -0.3 is 5.11 Å². The zero-order chi connectivity index (χ0) is 13.6. The molecule has 0 bridgehead atoms. The van der Waals surface area contributed by atoms with Crippen molar-refractivity contribution in [3.8, 4) is 5.69 Å². The van der Waals surface area contributed by atoms with Gasteiger partial charge in [-0.05, 0) is 39.7 Å². The second-order valence-corrected chi connectivity index (χ2v) is 5.28. The maximum Gasteiger partial charge on any atom is 0.408 e. The van der Waals surface area contributed by atoms with Crippen LogP contribution in [0.5, 0.6) is 0 Å². The Labute approximate surface area is 121 Å². The first-order valence-electron chi connectivity index (χ1n) is 5.42. The normalized spacial score (nSPS) is 13.7. The van der Waals surface area contributed by atoms with E-state index in [0.29, 0.717) is 15.6 Å². The summed E-state index contributed by atoms with van der Waals surface area (Å²) < 4.78 is 2.33. The van der Waals surface area contributed by atoms with Crippen LogP contribution in [-0.4, -0.2) is 30.9 Å². The molecule has 0 fully saturated rings. The summed E-state index contributed by atoms with van der Waals surface area (Å²) in [5.41, 5.74) is 1.65. The predicted octanol–water partition coefficient (Wildman–Crippen LogP) is 2.68. The molecule has 1 N–H and O–H groups in total. The van der Waals surface area contributed by atoms with E-state index in [1.54, 1.807) is 16.7 Å². The highest BCUT2D eigenvalue weighted by Gasteiger charge is 2.25. The van der Waals surface area contributed by atoms with E-state index in [-0.39, 0.29) is 13.1 Å². The topological polar surface area (TPSA) is 71.2 Å². The second-order valence-electron chi connectivity index (χ2n) is 4.13. The third kappa shape index (κ3) is 2.08. The number of hydrogen-bond donors (Lipinski definition) is 1. The highest BCUT2D eigenvalue weighted by molar-refractivity contribution is 9.10. The Balaban J connectivity index is 2.24. The molecule has 0 atom stereocenters. The first kappa shape index (κ1) is 12.4. The first-order chi connectivity index (χ1) is 9.06. The standard InChI is InChI=1S/C11H8BrClN4O2/c12-10-15-14-9-5-16(11(18)19)4-6-3-7(13)1-2-8(6)17(9)10/h1-3H,4-5H2,(H,18,19). The minimum atomic E-state index is -1.00. The largest absolute Gasteiger partial charge is 0.465 e. The molecule has 0 saturated heterocycles. The molecule has 0 radical (unpaired) electrons. The molecular weight excluding hydrogens is 336 g/mol. The van der Waals surface area contributed by atoms with E-state index in [1.165, 1.54) is 4.90 Å². The molecule has 1 aliphatic heterocycles. The lowest BCUT2D eigenvalue weighted by atomic mass is 10.1. The molecule has 98 valence electrons. The predicted molar refractivity (Wildman–Crippen MR) is 71.3 cm³/mol. The lowest BCUT2D eigenvalue weighted by Crippen LogP contribution is -2.27. The van der Waals surface area contributed by atoms with Crippen molar-refractivity contribution in [2.45, 2.75) is 13.1 Å². The maximum atomic E-state index is 11.2. The van der Waals surface area contributed by atoms with Crippen molar-refractivity contribution in [1.29, 1.82) is 0 Å². The van der Waals surface area contributed by atoms with Crippen molar-refractivity contribution < 1.29 is 9.90 Å². The van der Waals surface area contributed by atoms with Crippen LogP contribution in [-0.2, 0) is 13.1 Å². The van der Waals surface area contributed by atoms with Crippen LogP contribution in [0, 0.1) is 0 Å². The van der Waals surface area contributed by atoms with Crippen LogP contribution in [0.25, 0.3) is 5.69 Å². The monoisotopic (exact) mass is 342 g/mol. The van der Waals surface area contributed by atoms with Gasteiger partial charge in [0.05, 0.1) is 18.8 Å². The van der Waals surface area contributed by atoms with Gasteiger partial charge in [-0.15, -0.1) is 10.2 Å². The van der Waals surface area contributed by atoms with Crippen LogP contribution < -0.4 is 0 Å². The number of nitrogens with zero attached hydrogens (tertiary/aromatic N) is 4. The number of fused-ring (bicyclic) bond motifs is 3. The molecule has 2 aromatic rings. The van der Waals surface area contributed by atoms with Crippen molar-refractivity contribution >= 4 is 33.6 Å². The highest BCUT2D eigenvalue weighted by Crippen LogP contribution is 2.28. The zero-order valence-electron chi connectivity index (χ0n) is 9.55. The van der Waals surface area contributed by atoms with Crippen LogP contribution in [0.15, 0.2) is 22.9 Å². The zero-order valence-corrected chi connectivity index (χ0v) is 11.9. The van der Waals surface area contributed by atoms with Crippen LogP contribution >= 0.6 is 27.5 Å². The maximum absolute atomic E-state index is 11.2. The summed E-state index contributed by atoms with van der Waals surface area (Å²) in [6.45, 7) is 0.446. The molecule has 8 heteroatoms. The quantitative estimate of drug-likeness (QED) is 0.798. The fraction of sp³-hybridized carbons (Fsp3) is 0.182. The third-order valence-corrected chi connectivity index (χ3v) is 3.69. The van der Waals surface area contributed by atoms with E-state index >= 15 is 0 Å². The average Bonchev–Trinajstić information content (AvgIpc) is 2.62. The number of rotatable bonds is 0. The molecule has 0 unspecified atom stereocenters. The van der Waals surface area contributed by atoms with Gasteiger partial charge >= 0.3 is 6.09 Å². The molecule has 6 nitrogen and oxygen atoms in total. The summed E-state index contributed by atoms with van der Waals surface area (Å²) in [6.07, 6.45) is -1.00. The van der Waals surface area contributed by atoms with E-state index < -0.39 is 6.09 Å². The van der Waals surface area contributed by atoms with Crippen molar-refractivity contribution in [3.63, 3.8) is 0 Å². The average molecular weight is 344 g/mol. The lowest BCUT2D eigenvalue weighted by molar-refractivity contribution is 0.139. The third-order valence-electron chi connectivity index (χ3n) is 2.94. The van der Waals surface area contributed by atoms with Crippen LogP contribution in [0.4, 0.5) is 4.79 Å². The smallest absolute Gasteiger partial charge is 0.408 e. The van der Waals surface area contributed by atoms with E-state index in [0.717, 1.165) is 11.3 Å². The lowest BCUT2D eigenvalue weighted by Gasteiger charge is -2.15. The molecule has 1 amide bonds. The molecule has 1 aromatic heterocycles. The number of halogens is 2. The van der Waals surface area contributed by atoms with Crippen LogP contribution in [0.1, 0.15) is 11.4 Å². The molecule has 0 spiro atoms. The van der Waals surface area contributed by atoms with Crippen molar-refractivity contribution in [2.24, 2.45) is 0 Å². The van der Waals surface area contributed by atoms with Gasteiger partial charge in [-0.3, -0.25) is 9.47 Å². The Bertz CT molecular complexity index is 673. The summed E-state index contributed by atoms with van der Waals surface area (Å²) in [6, 6.07) is 5.35. The first-order valence-corrected chi connectivity index (χ1v) is 6.60. The molecule has 2 heterocycles. The van der Waals surface area contributed by atoms with Crippen LogP contribution in [0.2, 0.25) is 5.02 Å². The van der Waals surface area contributed by atoms with Crippen molar-refractivity contribution in [3.05, 3.63) is 39.3 Å². The molecule has 0 aliphatic carbocycles. The number of aromatic nitrogens is 3. The molecule has 1 aliphatic rings. The van der Waals surface area contributed by atoms with Crippen molar-refractivity contribution in [1.82, 2.24) is 19.7 Å². The molecular formula is C11H8BrClN4O2. The number of carbonyl (C=O) groups is 1. The number of carboxylic acid groups (broad SMARTS) is 1. The summed E-state index contributed by atoms with van der Waals surface area (Å²) in [4.78, 5) is 12.5. The highest BCUT2D eigenvalue weighted by atomic mass is 79.9. The number of amides is 1. The molecule has 1 aromatic carbocycles. The summed E-state index contributed by atoms with van der Waals surface area (Å²) in [5.74, 6) is 0.565. The minimum Gasteiger partial charge on any atom is -0.465 e. The SMILES string of the molecule is O=C(O)N1Cc2cc(Cl)ccc2-n2c(Br)nnc2C1. The van der Waals surface area contributed by atoms with Gasteiger partial charge in [-0.1, -0.05) is 11.6 Å². The van der Waals surface area contributed by atoms with E-state index in [4.69, 9.17) is 11.6 Å². The molecule has 3 rings (SSSR count). The van der Waals surface area contributed by atoms with Crippen LogP contribution in [0.3, 0.4) is 0 Å². The second kappa shape index (κ2) is 4.50. The van der Waals surface area contributed by atoms with Gasteiger partial charge in [0, 0.05) is 5.02 Å². The number of hydrogen-bond acceptors (Lipinski definition) is 3. The van der Waals surface area contributed by atoms with E-state index in [1.807, 2.05) is 6.07 Å². The molecule has 0 saturated carbocycles. The Morgan fingerprint density at radius 2 is 2.16 bits per heavy atom. The van der Waals surface area contributed by atoms with Crippen molar-refractivity contribution in [2.75, 3.05) is 0 Å². The fourth-order valence-corrected chi connectivity index (χ4v) is 2.77. The van der Waals surface area contributed by atoms with Gasteiger partial charge in [-0.2, -0.15) is 0 Å². The Morgan fingerprint density at radius 1 is 1.37 bits per heavy atom. The fourth-order valence-electron chi connectivity index (χ4n) is 2.10.